The number of para-hydroxylation sites is 1. The molecule has 0 amide bonds. The third-order valence-corrected chi connectivity index (χ3v) is 5.66. The lowest BCUT2D eigenvalue weighted by Gasteiger charge is -2.44. The summed E-state index contributed by atoms with van der Waals surface area (Å²) in [6.07, 6.45) is 6.15. The van der Waals surface area contributed by atoms with E-state index < -0.39 is 0 Å². The van der Waals surface area contributed by atoms with Gasteiger partial charge in [-0.1, -0.05) is 18.6 Å². The first-order valence-corrected chi connectivity index (χ1v) is 8.50. The molecule has 2 heterocycles. The molecule has 0 radical (unpaired) electrons. The first-order valence-electron chi connectivity index (χ1n) is 8.50. The maximum Gasteiger partial charge on any atom is 0.297 e. The summed E-state index contributed by atoms with van der Waals surface area (Å²) in [5.41, 5.74) is 0.774. The Bertz CT molecular complexity index is 772. The van der Waals surface area contributed by atoms with Gasteiger partial charge in [0.25, 0.3) is 11.6 Å². The molecule has 2 aliphatic rings. The fraction of sp³-hybridized carbons (Fsp3) is 0.556. The number of H-pyrrole nitrogens is 1. The fourth-order valence-electron chi connectivity index (χ4n) is 4.52. The highest BCUT2D eigenvalue weighted by Crippen LogP contribution is 2.47. The van der Waals surface area contributed by atoms with Crippen LogP contribution < -0.4 is 10.3 Å². The van der Waals surface area contributed by atoms with E-state index in [9.17, 15) is 4.79 Å². The molecule has 1 aromatic carbocycles. The topological polar surface area (TPSA) is 58.2 Å². The summed E-state index contributed by atoms with van der Waals surface area (Å²) in [6, 6.07) is 8.32. The van der Waals surface area contributed by atoms with Crippen LogP contribution in [-0.2, 0) is 0 Å². The lowest BCUT2D eigenvalue weighted by molar-refractivity contribution is 0.0132. The molecule has 0 spiro atoms. The Labute approximate surface area is 135 Å². The number of ether oxygens (including phenoxy) is 1. The van der Waals surface area contributed by atoms with Gasteiger partial charge in [-0.2, -0.15) is 4.98 Å². The van der Waals surface area contributed by atoms with Crippen LogP contribution in [0.2, 0.25) is 0 Å². The lowest BCUT2D eigenvalue weighted by atomic mass is 9.76. The Morgan fingerprint density at radius 2 is 2.17 bits per heavy atom. The van der Waals surface area contributed by atoms with Crippen LogP contribution in [0.15, 0.2) is 29.1 Å². The number of aromatic amines is 1. The molecule has 2 aromatic rings. The molecule has 1 aliphatic carbocycles. The molecule has 2 fully saturated rings. The third-order valence-electron chi connectivity index (χ3n) is 5.66. The summed E-state index contributed by atoms with van der Waals surface area (Å²) in [7, 11) is 2.22. The van der Waals surface area contributed by atoms with Crippen molar-refractivity contribution in [2.45, 2.75) is 38.1 Å². The second kappa shape index (κ2) is 5.64. The number of benzene rings is 1. The zero-order chi connectivity index (χ0) is 15.9. The minimum Gasteiger partial charge on any atom is -0.464 e. The SMILES string of the molecule is CN1CCC[C@@]2(COc3nc4ccccc4c(=O)[nH]3)CCC[C@@H]12. The summed E-state index contributed by atoms with van der Waals surface area (Å²) in [5, 5.41) is 0.606. The van der Waals surface area contributed by atoms with Gasteiger partial charge in [-0.05, 0) is 51.4 Å². The van der Waals surface area contributed by atoms with Crippen molar-refractivity contribution >= 4 is 10.9 Å². The second-order valence-corrected chi connectivity index (χ2v) is 7.03. The van der Waals surface area contributed by atoms with Crippen molar-refractivity contribution in [1.29, 1.82) is 0 Å². The maximum absolute atomic E-state index is 12.1. The Morgan fingerprint density at radius 1 is 1.35 bits per heavy atom. The van der Waals surface area contributed by atoms with Crippen molar-refractivity contribution < 1.29 is 4.74 Å². The number of likely N-dealkylation sites (tertiary alicyclic amines) is 1. The average molecular weight is 313 g/mol. The number of fused-ring (bicyclic) bond motifs is 2. The van der Waals surface area contributed by atoms with Crippen molar-refractivity contribution in [2.24, 2.45) is 5.41 Å². The van der Waals surface area contributed by atoms with E-state index in [0.717, 1.165) is 0 Å². The molecule has 0 unspecified atom stereocenters. The van der Waals surface area contributed by atoms with Crippen molar-refractivity contribution in [2.75, 3.05) is 20.2 Å². The van der Waals surface area contributed by atoms with Gasteiger partial charge in [0.05, 0.1) is 17.5 Å². The van der Waals surface area contributed by atoms with Gasteiger partial charge in [0, 0.05) is 11.5 Å². The van der Waals surface area contributed by atoms with E-state index in [2.05, 4.69) is 21.9 Å². The fourth-order valence-corrected chi connectivity index (χ4v) is 4.52. The van der Waals surface area contributed by atoms with Gasteiger partial charge < -0.3 is 9.64 Å². The highest BCUT2D eigenvalue weighted by atomic mass is 16.5. The molecule has 1 aliphatic heterocycles. The van der Waals surface area contributed by atoms with Gasteiger partial charge in [0.15, 0.2) is 0 Å². The van der Waals surface area contributed by atoms with Crippen LogP contribution in [0, 0.1) is 5.41 Å². The number of hydrogen-bond donors (Lipinski definition) is 1. The van der Waals surface area contributed by atoms with Gasteiger partial charge in [0.1, 0.15) is 0 Å². The number of rotatable bonds is 3. The maximum atomic E-state index is 12.1. The van der Waals surface area contributed by atoms with Gasteiger partial charge in [-0.3, -0.25) is 9.78 Å². The molecule has 0 bridgehead atoms. The Kier molecular flexibility index (Phi) is 3.60. The van der Waals surface area contributed by atoms with Crippen LogP contribution in [0.25, 0.3) is 10.9 Å². The molecule has 1 saturated carbocycles. The van der Waals surface area contributed by atoms with Gasteiger partial charge in [-0.15, -0.1) is 0 Å². The van der Waals surface area contributed by atoms with Crippen LogP contribution in [0.3, 0.4) is 0 Å². The largest absolute Gasteiger partial charge is 0.464 e. The van der Waals surface area contributed by atoms with Crippen LogP contribution in [-0.4, -0.2) is 41.1 Å². The molecule has 1 saturated heterocycles. The highest BCUT2D eigenvalue weighted by Gasteiger charge is 2.47. The molecule has 1 aromatic heterocycles. The number of aromatic nitrogens is 2. The quantitative estimate of drug-likeness (QED) is 0.946. The van der Waals surface area contributed by atoms with Gasteiger partial charge >= 0.3 is 0 Å². The predicted molar refractivity (Wildman–Crippen MR) is 89.8 cm³/mol. The van der Waals surface area contributed by atoms with Crippen molar-refractivity contribution in [1.82, 2.24) is 14.9 Å². The van der Waals surface area contributed by atoms with E-state index in [1.807, 2.05) is 18.2 Å². The van der Waals surface area contributed by atoms with Crippen molar-refractivity contribution in [3.63, 3.8) is 0 Å². The van der Waals surface area contributed by atoms with Gasteiger partial charge in [0.2, 0.25) is 0 Å². The summed E-state index contributed by atoms with van der Waals surface area (Å²) in [6.45, 7) is 1.82. The predicted octanol–water partition coefficient (Wildman–Crippen LogP) is 2.57. The van der Waals surface area contributed by atoms with E-state index in [1.54, 1.807) is 6.07 Å². The van der Waals surface area contributed by atoms with Crippen LogP contribution >= 0.6 is 0 Å². The Morgan fingerprint density at radius 3 is 3.09 bits per heavy atom. The summed E-state index contributed by atoms with van der Waals surface area (Å²) < 4.78 is 5.99. The summed E-state index contributed by atoms with van der Waals surface area (Å²) in [4.78, 5) is 21.9. The summed E-state index contributed by atoms with van der Waals surface area (Å²) >= 11 is 0. The molecular formula is C18H23N3O2. The molecule has 5 heteroatoms. The van der Waals surface area contributed by atoms with E-state index in [4.69, 9.17) is 4.74 Å². The van der Waals surface area contributed by atoms with E-state index in [-0.39, 0.29) is 11.0 Å². The van der Waals surface area contributed by atoms with Crippen LogP contribution in [0.5, 0.6) is 6.01 Å². The molecule has 122 valence electrons. The Balaban J connectivity index is 1.58. The van der Waals surface area contributed by atoms with E-state index in [0.29, 0.717) is 29.6 Å². The van der Waals surface area contributed by atoms with Crippen LogP contribution in [0.1, 0.15) is 32.1 Å². The number of piperidine rings is 1. The van der Waals surface area contributed by atoms with Crippen molar-refractivity contribution in [3.05, 3.63) is 34.6 Å². The zero-order valence-electron chi connectivity index (χ0n) is 13.5. The normalized spacial score (nSPS) is 28.0. The first kappa shape index (κ1) is 14.7. The smallest absolute Gasteiger partial charge is 0.297 e. The number of nitrogens with one attached hydrogen (secondary N) is 1. The monoisotopic (exact) mass is 313 g/mol. The minimum atomic E-state index is -0.133. The molecule has 2 atom stereocenters. The van der Waals surface area contributed by atoms with E-state index in [1.165, 1.54) is 38.6 Å². The molecule has 5 nitrogen and oxygen atoms in total. The standard InChI is InChI=1S/C18H23N3O2/c1-21-11-5-10-18(9-4-8-15(18)21)12-23-17-19-14-7-3-2-6-13(14)16(22)20-17/h2-3,6-7,15H,4-5,8-12H2,1H3,(H,19,20,22)/t15-,18-/m1/s1. The molecular weight excluding hydrogens is 290 g/mol. The summed E-state index contributed by atoms with van der Waals surface area (Å²) in [5.74, 6) is 0. The number of nitrogens with zero attached hydrogens (tertiary/aromatic N) is 2. The first-order chi connectivity index (χ1) is 11.2. The van der Waals surface area contributed by atoms with Crippen LogP contribution in [0.4, 0.5) is 0 Å². The van der Waals surface area contributed by atoms with Gasteiger partial charge in [-0.25, -0.2) is 0 Å². The van der Waals surface area contributed by atoms with E-state index >= 15 is 0 Å². The lowest BCUT2D eigenvalue weighted by Crippen LogP contribution is -2.50. The molecule has 4 rings (SSSR count). The average Bonchev–Trinajstić information content (AvgIpc) is 2.99. The molecule has 1 N–H and O–H groups in total. The highest BCUT2D eigenvalue weighted by molar-refractivity contribution is 5.77. The Hall–Kier alpha value is -1.88. The third kappa shape index (κ3) is 2.53. The van der Waals surface area contributed by atoms with Crippen molar-refractivity contribution in [3.8, 4) is 6.01 Å². The number of hydrogen-bond acceptors (Lipinski definition) is 4. The minimum absolute atomic E-state index is 0.133. The molecule has 23 heavy (non-hydrogen) atoms. The second-order valence-electron chi connectivity index (χ2n) is 7.03. The zero-order valence-corrected chi connectivity index (χ0v) is 13.5.